The Morgan fingerprint density at radius 2 is 1.59 bits per heavy atom. The van der Waals surface area contributed by atoms with E-state index in [1.165, 1.54) is 19.1 Å². The van der Waals surface area contributed by atoms with Crippen molar-refractivity contribution < 1.29 is 18.9 Å². The lowest BCUT2D eigenvalue weighted by atomic mass is 10.1. The van der Waals surface area contributed by atoms with Gasteiger partial charge in [-0.1, -0.05) is 23.4 Å². The second kappa shape index (κ2) is 7.61. The van der Waals surface area contributed by atoms with Crippen LogP contribution in [0.3, 0.4) is 0 Å². The van der Waals surface area contributed by atoms with Gasteiger partial charge in [-0.2, -0.15) is 0 Å². The number of hydrogen-bond donors (Lipinski definition) is 2. The van der Waals surface area contributed by atoms with Crippen molar-refractivity contribution in [2.75, 3.05) is 10.6 Å². The fraction of sp³-hybridized carbons (Fsp3) is 0.105. The number of nitrogens with one attached hydrogen (secondary N) is 2. The molecule has 2 heterocycles. The van der Waals surface area contributed by atoms with Crippen molar-refractivity contribution in [1.29, 1.82) is 0 Å². The normalized spacial score (nSPS) is 10.3. The Labute approximate surface area is 154 Å². The van der Waals surface area contributed by atoms with Gasteiger partial charge in [-0.3, -0.25) is 14.4 Å². The molecule has 0 saturated heterocycles. The van der Waals surface area contributed by atoms with Gasteiger partial charge in [-0.15, -0.1) is 0 Å². The third-order valence-electron chi connectivity index (χ3n) is 3.61. The predicted molar refractivity (Wildman–Crippen MR) is 97.8 cm³/mol. The van der Waals surface area contributed by atoms with Gasteiger partial charge < -0.3 is 15.2 Å². The molecule has 0 aliphatic heterocycles. The maximum Gasteiger partial charge on any atom is 0.275 e. The molecule has 0 bridgehead atoms. The molecular weight excluding hydrogens is 348 g/mol. The summed E-state index contributed by atoms with van der Waals surface area (Å²) in [5.74, 6) is -0.306. The molecule has 0 radical (unpaired) electrons. The molecule has 3 aromatic rings. The van der Waals surface area contributed by atoms with Crippen molar-refractivity contribution in [2.24, 2.45) is 0 Å². The second-order valence-corrected chi connectivity index (χ2v) is 5.78. The van der Waals surface area contributed by atoms with Crippen molar-refractivity contribution in [3.8, 4) is 0 Å². The number of hydrogen-bond acceptors (Lipinski definition) is 6. The number of ketones is 1. The number of Topliss-reactive ketones (excluding diaryl/α,β-unsaturated/α-hetero) is 1. The molecule has 0 spiro atoms. The van der Waals surface area contributed by atoms with Crippen molar-refractivity contribution in [1.82, 2.24) is 10.1 Å². The van der Waals surface area contributed by atoms with Crippen LogP contribution in [0.25, 0.3) is 0 Å². The van der Waals surface area contributed by atoms with Gasteiger partial charge in [0.1, 0.15) is 17.1 Å². The van der Waals surface area contributed by atoms with Crippen molar-refractivity contribution in [3.05, 3.63) is 71.2 Å². The maximum atomic E-state index is 12.4. The minimum atomic E-state index is -0.517. The summed E-state index contributed by atoms with van der Waals surface area (Å²) in [5, 5.41) is 8.87. The minimum absolute atomic E-state index is 0.0563. The number of rotatable bonds is 5. The number of aryl methyl sites for hydroxylation is 1. The average Bonchev–Trinajstić information content (AvgIpc) is 3.06. The van der Waals surface area contributed by atoms with Crippen LogP contribution in [0.1, 0.15) is 44.0 Å². The lowest BCUT2D eigenvalue weighted by molar-refractivity contribution is 0.100. The first kappa shape index (κ1) is 18.0. The molecule has 8 heteroatoms. The molecule has 1 aromatic carbocycles. The first-order valence-corrected chi connectivity index (χ1v) is 8.06. The van der Waals surface area contributed by atoms with Crippen LogP contribution in [0.5, 0.6) is 0 Å². The van der Waals surface area contributed by atoms with Gasteiger partial charge in [0.15, 0.2) is 11.6 Å². The van der Waals surface area contributed by atoms with Gasteiger partial charge in [0.25, 0.3) is 11.8 Å². The van der Waals surface area contributed by atoms with Crippen LogP contribution in [0.2, 0.25) is 0 Å². The molecule has 2 aromatic heterocycles. The Bertz CT molecular complexity index is 1030. The zero-order valence-corrected chi connectivity index (χ0v) is 14.6. The molecule has 3 rings (SSSR count). The Hall–Kier alpha value is -3.81. The molecule has 0 atom stereocenters. The van der Waals surface area contributed by atoms with Crippen LogP contribution in [-0.2, 0) is 0 Å². The van der Waals surface area contributed by atoms with Crippen LogP contribution >= 0.6 is 0 Å². The molecule has 2 N–H and O–H groups in total. The highest BCUT2D eigenvalue weighted by atomic mass is 16.5. The summed E-state index contributed by atoms with van der Waals surface area (Å²) in [6.45, 7) is 3.15. The van der Waals surface area contributed by atoms with Crippen LogP contribution in [0, 0.1) is 6.92 Å². The Morgan fingerprint density at radius 3 is 2.22 bits per heavy atom. The van der Waals surface area contributed by atoms with Crippen LogP contribution < -0.4 is 10.6 Å². The third kappa shape index (κ3) is 4.43. The van der Waals surface area contributed by atoms with E-state index in [0.29, 0.717) is 17.0 Å². The molecule has 0 fully saturated rings. The molecular formula is C19H16N4O4. The highest BCUT2D eigenvalue weighted by molar-refractivity contribution is 6.06. The number of pyridine rings is 1. The van der Waals surface area contributed by atoms with Crippen molar-refractivity contribution in [3.63, 3.8) is 0 Å². The monoisotopic (exact) mass is 364 g/mol. The molecule has 2 amide bonds. The van der Waals surface area contributed by atoms with Crippen LogP contribution in [-0.4, -0.2) is 27.7 Å². The molecule has 0 saturated carbocycles. The van der Waals surface area contributed by atoms with E-state index in [2.05, 4.69) is 20.8 Å². The molecule has 8 nitrogen and oxygen atoms in total. The summed E-state index contributed by atoms with van der Waals surface area (Å²) in [7, 11) is 0. The summed E-state index contributed by atoms with van der Waals surface area (Å²) in [6.07, 6.45) is 0. The number of aromatic nitrogens is 2. The van der Waals surface area contributed by atoms with Crippen LogP contribution in [0.15, 0.2) is 53.1 Å². The van der Waals surface area contributed by atoms with E-state index in [9.17, 15) is 14.4 Å². The lowest BCUT2D eigenvalue weighted by Gasteiger charge is -2.07. The summed E-state index contributed by atoms with van der Waals surface area (Å²) in [6, 6.07) is 12.7. The number of carbonyl (C=O) groups is 3. The molecule has 27 heavy (non-hydrogen) atoms. The SMILES string of the molecule is CC(=O)c1cccc(NC(=O)c2cccc(C(=O)Nc3cc(C)on3)n2)c1. The summed E-state index contributed by atoms with van der Waals surface area (Å²) in [5.41, 5.74) is 1.06. The predicted octanol–water partition coefficient (Wildman–Crippen LogP) is 3.09. The summed E-state index contributed by atoms with van der Waals surface area (Å²) >= 11 is 0. The first-order chi connectivity index (χ1) is 12.9. The largest absolute Gasteiger partial charge is 0.360 e. The Morgan fingerprint density at radius 1 is 0.926 bits per heavy atom. The highest BCUT2D eigenvalue weighted by Crippen LogP contribution is 2.13. The Balaban J connectivity index is 1.74. The smallest absolute Gasteiger partial charge is 0.275 e. The van der Waals surface area contributed by atoms with Crippen LogP contribution in [0.4, 0.5) is 11.5 Å². The average molecular weight is 364 g/mol. The highest BCUT2D eigenvalue weighted by Gasteiger charge is 2.14. The minimum Gasteiger partial charge on any atom is -0.360 e. The lowest BCUT2D eigenvalue weighted by Crippen LogP contribution is -2.18. The van der Waals surface area contributed by atoms with Crippen molar-refractivity contribution in [2.45, 2.75) is 13.8 Å². The zero-order valence-electron chi connectivity index (χ0n) is 14.6. The molecule has 0 aliphatic rings. The Kier molecular flexibility index (Phi) is 5.07. The maximum absolute atomic E-state index is 12.4. The van der Waals surface area contributed by atoms with E-state index in [1.807, 2.05) is 0 Å². The quantitative estimate of drug-likeness (QED) is 0.673. The topological polar surface area (TPSA) is 114 Å². The van der Waals surface area contributed by atoms with E-state index < -0.39 is 11.8 Å². The molecule has 136 valence electrons. The summed E-state index contributed by atoms with van der Waals surface area (Å²) in [4.78, 5) is 40.2. The second-order valence-electron chi connectivity index (χ2n) is 5.78. The van der Waals surface area contributed by atoms with Gasteiger partial charge in [-0.05, 0) is 38.1 Å². The summed E-state index contributed by atoms with van der Waals surface area (Å²) < 4.78 is 4.88. The number of amides is 2. The van der Waals surface area contributed by atoms with E-state index in [1.54, 1.807) is 43.3 Å². The fourth-order valence-electron chi connectivity index (χ4n) is 2.30. The van der Waals surface area contributed by atoms with Gasteiger partial charge in [-0.25, -0.2) is 4.98 Å². The number of anilines is 2. The number of benzene rings is 1. The van der Waals surface area contributed by atoms with Gasteiger partial charge in [0.2, 0.25) is 0 Å². The van der Waals surface area contributed by atoms with E-state index in [0.717, 1.165) is 0 Å². The zero-order chi connectivity index (χ0) is 19.4. The van der Waals surface area contributed by atoms with E-state index in [-0.39, 0.29) is 23.0 Å². The number of carbonyl (C=O) groups excluding carboxylic acids is 3. The van der Waals surface area contributed by atoms with Gasteiger partial charge in [0.05, 0.1) is 0 Å². The molecule has 0 aliphatic carbocycles. The number of nitrogens with zero attached hydrogens (tertiary/aromatic N) is 2. The third-order valence-corrected chi connectivity index (χ3v) is 3.61. The van der Waals surface area contributed by atoms with Gasteiger partial charge in [0, 0.05) is 17.3 Å². The van der Waals surface area contributed by atoms with E-state index in [4.69, 9.17) is 4.52 Å². The fourth-order valence-corrected chi connectivity index (χ4v) is 2.30. The van der Waals surface area contributed by atoms with E-state index >= 15 is 0 Å². The van der Waals surface area contributed by atoms with Crippen molar-refractivity contribution >= 4 is 29.1 Å². The standard InChI is InChI=1S/C19H16N4O4/c1-11-9-17(23-27-11)22-19(26)16-8-4-7-15(21-16)18(25)20-14-6-3-5-13(10-14)12(2)24/h3-10H,1-2H3,(H,20,25)(H,22,23,26). The van der Waals surface area contributed by atoms with Gasteiger partial charge >= 0.3 is 0 Å². The first-order valence-electron chi connectivity index (χ1n) is 8.06. The molecule has 0 unspecified atom stereocenters.